The molecule has 2 amide bonds. The summed E-state index contributed by atoms with van der Waals surface area (Å²) in [5.41, 5.74) is 0.673. The largest absolute Gasteiger partial charge is 0.356 e. The van der Waals surface area contributed by atoms with E-state index in [-0.39, 0.29) is 11.8 Å². The highest BCUT2D eigenvalue weighted by Crippen LogP contribution is 2.27. The van der Waals surface area contributed by atoms with Gasteiger partial charge in [-0.2, -0.15) is 0 Å². The molecule has 2 aliphatic heterocycles. The van der Waals surface area contributed by atoms with Crippen molar-refractivity contribution < 1.29 is 9.59 Å². The quantitative estimate of drug-likeness (QED) is 0.774. The summed E-state index contributed by atoms with van der Waals surface area (Å²) in [6.07, 6.45) is 9.88. The normalized spacial score (nSPS) is 21.1. The van der Waals surface area contributed by atoms with Crippen LogP contribution in [-0.2, 0) is 4.79 Å². The van der Waals surface area contributed by atoms with E-state index in [4.69, 9.17) is 0 Å². The van der Waals surface area contributed by atoms with Gasteiger partial charge in [0.05, 0.1) is 5.56 Å². The molecule has 7 nitrogen and oxygen atoms in total. The molecule has 0 aromatic carbocycles. The molecule has 0 spiro atoms. The maximum atomic E-state index is 12.8. The summed E-state index contributed by atoms with van der Waals surface area (Å²) in [4.78, 5) is 36.5. The second-order valence-corrected chi connectivity index (χ2v) is 8.83. The number of rotatable bonds is 6. The Kier molecular flexibility index (Phi) is 7.20. The monoisotopic (exact) mass is 413 g/mol. The van der Waals surface area contributed by atoms with E-state index in [0.717, 1.165) is 77.3 Å². The van der Waals surface area contributed by atoms with Gasteiger partial charge in [0.1, 0.15) is 5.82 Å². The molecule has 164 valence electrons. The molecule has 0 atom stereocenters. The summed E-state index contributed by atoms with van der Waals surface area (Å²) < 4.78 is 0. The molecule has 1 saturated carbocycles. The number of nitrogens with zero attached hydrogens (tertiary/aromatic N) is 4. The highest BCUT2D eigenvalue weighted by Gasteiger charge is 2.29. The zero-order chi connectivity index (χ0) is 20.8. The molecule has 0 bridgehead atoms. The Hall–Kier alpha value is -2.15. The van der Waals surface area contributed by atoms with Gasteiger partial charge in [-0.3, -0.25) is 14.5 Å². The Labute approximate surface area is 179 Å². The summed E-state index contributed by atoms with van der Waals surface area (Å²) in [5, 5.41) is 3.08. The van der Waals surface area contributed by atoms with Crippen LogP contribution in [0.1, 0.15) is 55.3 Å². The Morgan fingerprint density at radius 3 is 2.43 bits per heavy atom. The van der Waals surface area contributed by atoms with Crippen LogP contribution in [0.5, 0.6) is 0 Å². The van der Waals surface area contributed by atoms with Crippen LogP contribution >= 0.6 is 0 Å². The number of anilines is 1. The average molecular weight is 414 g/mol. The summed E-state index contributed by atoms with van der Waals surface area (Å²) in [5.74, 6) is 1.40. The standard InChI is InChI=1S/C23H35N5O2/c29-22(20-9-6-10-24-21(20)27-12-4-1-5-13-27)25-11-14-26-15-17-28(18-16-26)23(30)19-7-2-3-8-19/h6,9-10,19H,1-5,7-8,11-18H2,(H,25,29). The number of carbonyl (C=O) groups excluding carboxylic acids is 2. The Bertz CT molecular complexity index is 720. The van der Waals surface area contributed by atoms with Crippen LogP contribution < -0.4 is 10.2 Å². The van der Waals surface area contributed by atoms with Gasteiger partial charge >= 0.3 is 0 Å². The van der Waals surface area contributed by atoms with Crippen molar-refractivity contribution in [3.8, 4) is 0 Å². The predicted octanol–water partition coefficient (Wildman–Crippen LogP) is 2.14. The number of pyridine rings is 1. The Balaban J connectivity index is 1.22. The third kappa shape index (κ3) is 5.12. The first-order chi connectivity index (χ1) is 14.7. The number of amides is 2. The van der Waals surface area contributed by atoms with Crippen molar-refractivity contribution >= 4 is 17.6 Å². The van der Waals surface area contributed by atoms with Crippen molar-refractivity contribution in [2.24, 2.45) is 5.92 Å². The van der Waals surface area contributed by atoms with Crippen molar-refractivity contribution in [2.75, 3.05) is 57.3 Å². The SMILES string of the molecule is O=C(NCCN1CCN(C(=O)C2CCCC2)CC1)c1cccnc1N1CCCCC1. The summed E-state index contributed by atoms with van der Waals surface area (Å²) in [6, 6.07) is 3.71. The minimum atomic E-state index is -0.0429. The molecule has 1 N–H and O–H groups in total. The van der Waals surface area contributed by atoms with E-state index in [0.29, 0.717) is 18.0 Å². The molecule has 1 aromatic rings. The van der Waals surface area contributed by atoms with E-state index in [9.17, 15) is 9.59 Å². The maximum Gasteiger partial charge on any atom is 0.255 e. The lowest BCUT2D eigenvalue weighted by atomic mass is 10.1. The van der Waals surface area contributed by atoms with Crippen LogP contribution in [0.3, 0.4) is 0 Å². The molecule has 0 radical (unpaired) electrons. The molecule has 3 aliphatic rings. The minimum Gasteiger partial charge on any atom is -0.356 e. The second kappa shape index (κ2) is 10.2. The first-order valence-corrected chi connectivity index (χ1v) is 11.7. The van der Waals surface area contributed by atoms with Gasteiger partial charge in [-0.1, -0.05) is 12.8 Å². The molecule has 1 aliphatic carbocycles. The first-order valence-electron chi connectivity index (χ1n) is 11.7. The number of hydrogen-bond acceptors (Lipinski definition) is 5. The lowest BCUT2D eigenvalue weighted by molar-refractivity contribution is -0.137. The van der Waals surface area contributed by atoms with Gasteiger partial charge in [0.15, 0.2) is 0 Å². The van der Waals surface area contributed by atoms with E-state index >= 15 is 0 Å². The number of piperidine rings is 1. The Morgan fingerprint density at radius 2 is 1.70 bits per heavy atom. The van der Waals surface area contributed by atoms with Gasteiger partial charge in [-0.25, -0.2) is 4.98 Å². The van der Waals surface area contributed by atoms with Crippen LogP contribution in [0.2, 0.25) is 0 Å². The zero-order valence-corrected chi connectivity index (χ0v) is 18.0. The molecule has 0 unspecified atom stereocenters. The van der Waals surface area contributed by atoms with Gasteiger partial charge in [-0.05, 0) is 44.2 Å². The lowest BCUT2D eigenvalue weighted by Crippen LogP contribution is -2.51. The van der Waals surface area contributed by atoms with Crippen molar-refractivity contribution in [3.63, 3.8) is 0 Å². The van der Waals surface area contributed by atoms with E-state index in [2.05, 4.69) is 20.1 Å². The molecule has 4 rings (SSSR count). The summed E-state index contributed by atoms with van der Waals surface area (Å²) in [6.45, 7) is 6.78. The molecular formula is C23H35N5O2. The number of hydrogen-bond donors (Lipinski definition) is 1. The van der Waals surface area contributed by atoms with Crippen LogP contribution in [0, 0.1) is 5.92 Å². The fourth-order valence-corrected chi connectivity index (χ4v) is 4.98. The smallest absolute Gasteiger partial charge is 0.255 e. The predicted molar refractivity (Wildman–Crippen MR) is 118 cm³/mol. The highest BCUT2D eigenvalue weighted by atomic mass is 16.2. The van der Waals surface area contributed by atoms with Gasteiger partial charge < -0.3 is 15.1 Å². The molecular weight excluding hydrogens is 378 g/mol. The van der Waals surface area contributed by atoms with Crippen molar-refractivity contribution in [3.05, 3.63) is 23.9 Å². The molecule has 2 saturated heterocycles. The van der Waals surface area contributed by atoms with Crippen LogP contribution in [0.25, 0.3) is 0 Å². The van der Waals surface area contributed by atoms with Gasteiger partial charge in [0, 0.05) is 64.5 Å². The highest BCUT2D eigenvalue weighted by molar-refractivity contribution is 5.98. The van der Waals surface area contributed by atoms with E-state index in [1.54, 1.807) is 6.20 Å². The topological polar surface area (TPSA) is 68.8 Å². The summed E-state index contributed by atoms with van der Waals surface area (Å²) in [7, 11) is 0. The zero-order valence-electron chi connectivity index (χ0n) is 18.0. The molecule has 3 fully saturated rings. The van der Waals surface area contributed by atoms with Crippen molar-refractivity contribution in [1.82, 2.24) is 20.1 Å². The number of carbonyl (C=O) groups is 2. The first kappa shape index (κ1) is 21.1. The number of nitrogens with one attached hydrogen (secondary N) is 1. The fraction of sp³-hybridized carbons (Fsp3) is 0.696. The minimum absolute atomic E-state index is 0.0429. The summed E-state index contributed by atoms with van der Waals surface area (Å²) >= 11 is 0. The lowest BCUT2D eigenvalue weighted by Gasteiger charge is -2.36. The molecule has 3 heterocycles. The molecule has 30 heavy (non-hydrogen) atoms. The molecule has 1 aromatic heterocycles. The van der Waals surface area contributed by atoms with E-state index in [1.807, 2.05) is 17.0 Å². The van der Waals surface area contributed by atoms with Gasteiger partial charge in [-0.15, -0.1) is 0 Å². The van der Waals surface area contributed by atoms with Crippen LogP contribution in [0.15, 0.2) is 18.3 Å². The fourth-order valence-electron chi connectivity index (χ4n) is 4.98. The van der Waals surface area contributed by atoms with E-state index in [1.165, 1.54) is 19.3 Å². The van der Waals surface area contributed by atoms with Gasteiger partial charge in [0.25, 0.3) is 5.91 Å². The van der Waals surface area contributed by atoms with Gasteiger partial charge in [0.2, 0.25) is 5.91 Å². The van der Waals surface area contributed by atoms with Crippen molar-refractivity contribution in [2.45, 2.75) is 44.9 Å². The Morgan fingerprint density at radius 1 is 0.967 bits per heavy atom. The van der Waals surface area contributed by atoms with E-state index < -0.39 is 0 Å². The van der Waals surface area contributed by atoms with Crippen LogP contribution in [0.4, 0.5) is 5.82 Å². The van der Waals surface area contributed by atoms with Crippen LogP contribution in [-0.4, -0.2) is 79.0 Å². The van der Waals surface area contributed by atoms with Crippen molar-refractivity contribution in [1.29, 1.82) is 0 Å². The number of aromatic nitrogens is 1. The average Bonchev–Trinajstić information content (AvgIpc) is 3.35. The number of piperazine rings is 1. The second-order valence-electron chi connectivity index (χ2n) is 8.83. The third-order valence-corrected chi connectivity index (χ3v) is 6.79. The molecule has 7 heteroatoms. The maximum absolute atomic E-state index is 12.8. The third-order valence-electron chi connectivity index (χ3n) is 6.79.